The Balaban J connectivity index is 2.79. The van der Waals surface area contributed by atoms with Crippen molar-refractivity contribution in [3.8, 4) is 0 Å². The lowest BCUT2D eigenvalue weighted by molar-refractivity contribution is -0.187. The van der Waals surface area contributed by atoms with Gasteiger partial charge in [-0.1, -0.05) is 0 Å². The van der Waals surface area contributed by atoms with Gasteiger partial charge < -0.3 is 5.11 Å². The van der Waals surface area contributed by atoms with E-state index in [0.717, 1.165) is 0 Å². The van der Waals surface area contributed by atoms with Crippen LogP contribution >= 0.6 is 0 Å². The van der Waals surface area contributed by atoms with Gasteiger partial charge in [-0.05, 0) is 6.42 Å². The summed E-state index contributed by atoms with van der Waals surface area (Å²) >= 11 is 0. The quantitative estimate of drug-likeness (QED) is 0.762. The Morgan fingerprint density at radius 1 is 1.14 bits per heavy atom. The molecule has 5 nitrogen and oxygen atoms in total. The molecule has 22 heavy (non-hydrogen) atoms. The molecule has 0 aromatic rings. The summed E-state index contributed by atoms with van der Waals surface area (Å²) in [6.07, 6.45) is -11.7. The van der Waals surface area contributed by atoms with E-state index < -0.39 is 71.9 Å². The molecular weight excluding hydrogens is 344 g/mol. The van der Waals surface area contributed by atoms with Crippen LogP contribution in [0.3, 0.4) is 0 Å². The van der Waals surface area contributed by atoms with Crippen LogP contribution in [0.2, 0.25) is 0 Å². The maximum Gasteiger partial charge on any atom is 0.393 e. The first kappa shape index (κ1) is 19.0. The lowest BCUT2D eigenvalue weighted by Crippen LogP contribution is -2.34. The summed E-state index contributed by atoms with van der Waals surface area (Å²) in [6, 6.07) is 0. The summed E-state index contributed by atoms with van der Waals surface area (Å²) in [6.45, 7) is -1.98. The minimum absolute atomic E-state index is 0.306. The van der Waals surface area contributed by atoms with Crippen molar-refractivity contribution in [3.63, 3.8) is 0 Å². The number of halogens is 6. The molecule has 2 atom stereocenters. The highest BCUT2D eigenvalue weighted by Gasteiger charge is 2.54. The average Bonchev–Trinajstić information content (AvgIpc) is 2.71. The molecule has 1 aliphatic heterocycles. The largest absolute Gasteiger partial charge is 0.481 e. The van der Waals surface area contributed by atoms with Crippen LogP contribution in [-0.2, 0) is 14.8 Å². The second kappa shape index (κ2) is 6.22. The predicted molar refractivity (Wildman–Crippen MR) is 61.3 cm³/mol. The van der Waals surface area contributed by atoms with Gasteiger partial charge in [0, 0.05) is 19.5 Å². The monoisotopic (exact) mass is 357 g/mol. The van der Waals surface area contributed by atoms with Crippen molar-refractivity contribution in [2.24, 2.45) is 11.8 Å². The van der Waals surface area contributed by atoms with Crippen molar-refractivity contribution in [2.45, 2.75) is 25.2 Å². The number of nitrogens with zero attached hydrogens (tertiary/aromatic N) is 1. The highest BCUT2D eigenvalue weighted by molar-refractivity contribution is 7.89. The van der Waals surface area contributed by atoms with Crippen LogP contribution in [0.25, 0.3) is 0 Å². The molecule has 1 N–H and O–H groups in total. The Kier molecular flexibility index (Phi) is 5.38. The van der Waals surface area contributed by atoms with E-state index in [1.54, 1.807) is 0 Å². The lowest BCUT2D eigenvalue weighted by Gasteiger charge is -2.18. The number of carboxylic acids is 1. The molecule has 0 radical (unpaired) electrons. The standard InChI is InChI=1S/C10H13F6NO4S/c11-9(12,13)2-1-3-22(20,21)17-4-6(8(18)19)7(5-17)10(14,15)16/h6-7H,1-5H2,(H,18,19)/t6-,7-/m1/s1. The molecule has 1 fully saturated rings. The van der Waals surface area contributed by atoms with Gasteiger partial charge in [-0.25, -0.2) is 12.7 Å². The van der Waals surface area contributed by atoms with E-state index in [1.807, 2.05) is 0 Å². The van der Waals surface area contributed by atoms with E-state index >= 15 is 0 Å². The van der Waals surface area contributed by atoms with E-state index in [2.05, 4.69) is 0 Å². The van der Waals surface area contributed by atoms with Crippen molar-refractivity contribution >= 4 is 16.0 Å². The summed E-state index contributed by atoms with van der Waals surface area (Å²) in [4.78, 5) is 10.8. The van der Waals surface area contributed by atoms with Gasteiger partial charge >= 0.3 is 18.3 Å². The molecule has 0 unspecified atom stereocenters. The first-order chi connectivity index (χ1) is 9.74. The van der Waals surface area contributed by atoms with Crippen LogP contribution in [0.4, 0.5) is 26.3 Å². The molecule has 130 valence electrons. The van der Waals surface area contributed by atoms with Gasteiger partial charge in [0.2, 0.25) is 10.0 Å². The molecule has 12 heteroatoms. The van der Waals surface area contributed by atoms with Crippen molar-refractivity contribution in [2.75, 3.05) is 18.8 Å². The molecule has 1 rings (SSSR count). The van der Waals surface area contributed by atoms with E-state index in [1.165, 1.54) is 0 Å². The minimum atomic E-state index is -4.90. The Bertz CT molecular complexity index is 514. The van der Waals surface area contributed by atoms with Gasteiger partial charge in [0.1, 0.15) is 0 Å². The fraction of sp³-hybridized carbons (Fsp3) is 0.900. The number of hydrogen-bond acceptors (Lipinski definition) is 3. The smallest absolute Gasteiger partial charge is 0.393 e. The molecule has 0 spiro atoms. The van der Waals surface area contributed by atoms with Crippen LogP contribution in [0.15, 0.2) is 0 Å². The van der Waals surface area contributed by atoms with Gasteiger partial charge in [-0.2, -0.15) is 26.3 Å². The first-order valence-electron chi connectivity index (χ1n) is 6.08. The number of sulfonamides is 1. The lowest BCUT2D eigenvalue weighted by atomic mass is 9.96. The number of carbonyl (C=O) groups is 1. The van der Waals surface area contributed by atoms with E-state index in [4.69, 9.17) is 5.11 Å². The summed E-state index contributed by atoms with van der Waals surface area (Å²) in [5, 5.41) is 8.74. The Morgan fingerprint density at radius 2 is 1.68 bits per heavy atom. The molecule has 1 saturated heterocycles. The second-order valence-corrected chi connectivity index (χ2v) is 7.03. The fourth-order valence-corrected chi connectivity index (χ4v) is 3.70. The normalized spacial score (nSPS) is 24.6. The Labute approximate surface area is 121 Å². The molecule has 0 bridgehead atoms. The van der Waals surface area contributed by atoms with E-state index in [9.17, 15) is 39.6 Å². The Morgan fingerprint density at radius 3 is 2.05 bits per heavy atom. The molecule has 1 heterocycles. The van der Waals surface area contributed by atoms with Gasteiger partial charge in [0.15, 0.2) is 0 Å². The zero-order valence-corrected chi connectivity index (χ0v) is 11.8. The van der Waals surface area contributed by atoms with E-state index in [-0.39, 0.29) is 0 Å². The third-order valence-electron chi connectivity index (χ3n) is 3.28. The fourth-order valence-electron chi connectivity index (χ4n) is 2.16. The molecule has 0 aromatic carbocycles. The first-order valence-corrected chi connectivity index (χ1v) is 7.69. The van der Waals surface area contributed by atoms with Crippen molar-refractivity contribution in [3.05, 3.63) is 0 Å². The number of rotatable bonds is 5. The Hall–Kier alpha value is -1.04. The number of alkyl halides is 6. The van der Waals surface area contributed by atoms with Crippen LogP contribution < -0.4 is 0 Å². The van der Waals surface area contributed by atoms with Crippen LogP contribution in [0, 0.1) is 11.8 Å². The summed E-state index contributed by atoms with van der Waals surface area (Å²) < 4.78 is 97.8. The number of carboxylic acid groups (broad SMARTS) is 1. The SMILES string of the molecule is O=C(O)[C@@H]1CN(S(=O)(=O)CCCC(F)(F)F)C[C@H]1C(F)(F)F. The third kappa shape index (κ3) is 5.00. The summed E-state index contributed by atoms with van der Waals surface area (Å²) in [7, 11) is -4.37. The van der Waals surface area contributed by atoms with Crippen LogP contribution in [0.1, 0.15) is 12.8 Å². The topological polar surface area (TPSA) is 74.7 Å². The third-order valence-corrected chi connectivity index (χ3v) is 5.17. The zero-order chi connectivity index (χ0) is 17.3. The number of hydrogen-bond donors (Lipinski definition) is 1. The van der Waals surface area contributed by atoms with Gasteiger partial charge in [0.25, 0.3) is 0 Å². The molecule has 0 saturated carbocycles. The van der Waals surface area contributed by atoms with E-state index in [0.29, 0.717) is 4.31 Å². The summed E-state index contributed by atoms with van der Waals surface area (Å²) in [5.41, 5.74) is 0. The average molecular weight is 357 g/mol. The van der Waals surface area contributed by atoms with Crippen molar-refractivity contribution < 1.29 is 44.7 Å². The van der Waals surface area contributed by atoms with Crippen LogP contribution in [-0.4, -0.2) is 55.0 Å². The predicted octanol–water partition coefficient (Wildman–Crippen LogP) is 1.85. The minimum Gasteiger partial charge on any atom is -0.481 e. The second-order valence-electron chi connectivity index (χ2n) is 4.94. The van der Waals surface area contributed by atoms with Gasteiger partial charge in [-0.15, -0.1) is 0 Å². The maximum atomic E-state index is 12.7. The molecule has 0 amide bonds. The van der Waals surface area contributed by atoms with Gasteiger partial charge in [0.05, 0.1) is 17.6 Å². The molecule has 0 aromatic heterocycles. The van der Waals surface area contributed by atoms with Gasteiger partial charge in [-0.3, -0.25) is 4.79 Å². The highest BCUT2D eigenvalue weighted by Crippen LogP contribution is 2.38. The zero-order valence-electron chi connectivity index (χ0n) is 11.0. The number of aliphatic carboxylic acids is 1. The highest BCUT2D eigenvalue weighted by atomic mass is 32.2. The van der Waals surface area contributed by atoms with Crippen LogP contribution in [0.5, 0.6) is 0 Å². The molecular formula is C10H13F6NO4S. The molecule has 1 aliphatic rings. The van der Waals surface area contributed by atoms with Crippen molar-refractivity contribution in [1.29, 1.82) is 0 Å². The molecule has 0 aliphatic carbocycles. The maximum absolute atomic E-state index is 12.7. The summed E-state index contributed by atoms with van der Waals surface area (Å²) in [5.74, 6) is -7.11. The van der Waals surface area contributed by atoms with Crippen molar-refractivity contribution in [1.82, 2.24) is 4.31 Å².